The Morgan fingerprint density at radius 2 is 1.70 bits per heavy atom. The lowest BCUT2D eigenvalue weighted by Gasteiger charge is -2.30. The summed E-state index contributed by atoms with van der Waals surface area (Å²) >= 11 is 11.2. The highest BCUT2D eigenvalue weighted by atomic mass is 35.5. The van der Waals surface area contributed by atoms with Gasteiger partial charge in [-0.15, -0.1) is 0 Å². The standard InChI is InChI=1S/C6H12Cl2O2/c1-4-6(9-2,10-3)5(7)8/h5H,4H2,1-3H3. The molecule has 0 fully saturated rings. The van der Waals surface area contributed by atoms with Crippen LogP contribution in [0.4, 0.5) is 0 Å². The Hall–Kier alpha value is 0.500. The van der Waals surface area contributed by atoms with Gasteiger partial charge >= 0.3 is 0 Å². The zero-order chi connectivity index (χ0) is 8.20. The highest BCUT2D eigenvalue weighted by Crippen LogP contribution is 2.27. The zero-order valence-corrected chi connectivity index (χ0v) is 7.87. The van der Waals surface area contributed by atoms with Gasteiger partial charge in [0.2, 0.25) is 0 Å². The number of rotatable bonds is 4. The molecular formula is C6H12Cl2O2. The molecule has 0 rings (SSSR count). The Balaban J connectivity index is 4.15. The molecule has 10 heavy (non-hydrogen) atoms. The maximum Gasteiger partial charge on any atom is 0.197 e. The Morgan fingerprint density at radius 1 is 1.30 bits per heavy atom. The number of hydrogen-bond donors (Lipinski definition) is 0. The molecular weight excluding hydrogens is 175 g/mol. The Kier molecular flexibility index (Phi) is 4.61. The van der Waals surface area contributed by atoms with E-state index in [0.29, 0.717) is 6.42 Å². The molecule has 0 heterocycles. The number of alkyl halides is 2. The molecule has 2 nitrogen and oxygen atoms in total. The fraction of sp³-hybridized carbons (Fsp3) is 1.00. The van der Waals surface area contributed by atoms with E-state index < -0.39 is 10.6 Å². The molecule has 0 saturated heterocycles. The third kappa shape index (κ3) is 1.99. The zero-order valence-electron chi connectivity index (χ0n) is 6.36. The van der Waals surface area contributed by atoms with Crippen LogP contribution in [0.25, 0.3) is 0 Å². The van der Waals surface area contributed by atoms with Crippen molar-refractivity contribution in [2.24, 2.45) is 0 Å². The van der Waals surface area contributed by atoms with Crippen molar-refractivity contribution in [1.29, 1.82) is 0 Å². The van der Waals surface area contributed by atoms with Crippen molar-refractivity contribution < 1.29 is 9.47 Å². The van der Waals surface area contributed by atoms with Crippen molar-refractivity contribution >= 4 is 23.2 Å². The first-order valence-corrected chi connectivity index (χ1v) is 3.88. The summed E-state index contributed by atoms with van der Waals surface area (Å²) in [6, 6.07) is 0. The molecule has 0 aliphatic carbocycles. The van der Waals surface area contributed by atoms with Crippen LogP contribution in [-0.2, 0) is 9.47 Å². The maximum absolute atomic E-state index is 5.62. The van der Waals surface area contributed by atoms with Gasteiger partial charge in [0.05, 0.1) is 0 Å². The molecule has 0 aliphatic rings. The molecule has 0 bridgehead atoms. The lowest BCUT2D eigenvalue weighted by Crippen LogP contribution is -2.39. The van der Waals surface area contributed by atoms with Crippen molar-refractivity contribution in [3.05, 3.63) is 0 Å². The van der Waals surface area contributed by atoms with E-state index in [4.69, 9.17) is 32.7 Å². The minimum atomic E-state index is -0.844. The molecule has 0 amide bonds. The minimum absolute atomic E-state index is 0.623. The Labute approximate surface area is 71.4 Å². The topological polar surface area (TPSA) is 18.5 Å². The van der Waals surface area contributed by atoms with E-state index in [9.17, 15) is 0 Å². The summed E-state index contributed by atoms with van der Waals surface area (Å²) in [5.74, 6) is -0.844. The molecule has 0 aromatic rings. The van der Waals surface area contributed by atoms with Crippen LogP contribution in [0.2, 0.25) is 0 Å². The first-order chi connectivity index (χ1) is 4.63. The number of halogens is 2. The number of hydrogen-bond acceptors (Lipinski definition) is 2. The predicted molar refractivity (Wildman–Crippen MR) is 42.5 cm³/mol. The lowest BCUT2D eigenvalue weighted by atomic mass is 10.2. The van der Waals surface area contributed by atoms with Gasteiger partial charge in [-0.1, -0.05) is 30.1 Å². The third-order valence-electron chi connectivity index (χ3n) is 1.52. The van der Waals surface area contributed by atoms with E-state index in [0.717, 1.165) is 0 Å². The smallest absolute Gasteiger partial charge is 0.197 e. The van der Waals surface area contributed by atoms with Gasteiger partial charge in [0.15, 0.2) is 10.6 Å². The average molecular weight is 187 g/mol. The van der Waals surface area contributed by atoms with Crippen LogP contribution in [0.3, 0.4) is 0 Å². The van der Waals surface area contributed by atoms with Crippen molar-refractivity contribution in [3.8, 4) is 0 Å². The fourth-order valence-corrected chi connectivity index (χ4v) is 1.37. The van der Waals surface area contributed by atoms with Gasteiger partial charge in [0.1, 0.15) is 0 Å². The van der Waals surface area contributed by atoms with E-state index in [-0.39, 0.29) is 0 Å². The van der Waals surface area contributed by atoms with E-state index in [1.807, 2.05) is 6.92 Å². The molecule has 4 heteroatoms. The van der Waals surface area contributed by atoms with Crippen molar-refractivity contribution in [2.45, 2.75) is 24.0 Å². The first-order valence-electron chi connectivity index (χ1n) is 3.01. The lowest BCUT2D eigenvalue weighted by molar-refractivity contribution is -0.198. The molecule has 0 aromatic carbocycles. The van der Waals surface area contributed by atoms with Gasteiger partial charge in [0, 0.05) is 20.6 Å². The van der Waals surface area contributed by atoms with Crippen LogP contribution in [0, 0.1) is 0 Å². The average Bonchev–Trinajstić information content (AvgIpc) is 1.92. The van der Waals surface area contributed by atoms with E-state index >= 15 is 0 Å². The van der Waals surface area contributed by atoms with Gasteiger partial charge < -0.3 is 9.47 Å². The largest absolute Gasteiger partial charge is 0.351 e. The van der Waals surface area contributed by atoms with Crippen LogP contribution in [0.1, 0.15) is 13.3 Å². The summed E-state index contributed by atoms with van der Waals surface area (Å²) in [7, 11) is 3.04. The molecule has 0 radical (unpaired) electrons. The second kappa shape index (κ2) is 4.39. The quantitative estimate of drug-likeness (QED) is 0.496. The minimum Gasteiger partial charge on any atom is -0.351 e. The number of ether oxygens (including phenoxy) is 2. The normalized spacial score (nSPS) is 12.6. The fourth-order valence-electron chi connectivity index (χ4n) is 0.704. The maximum atomic E-state index is 5.62. The summed E-state index contributed by atoms with van der Waals surface area (Å²) in [6.07, 6.45) is 0.623. The third-order valence-corrected chi connectivity index (χ3v) is 2.18. The predicted octanol–water partition coefficient (Wildman–Crippen LogP) is 2.19. The van der Waals surface area contributed by atoms with Crippen LogP contribution in [0.15, 0.2) is 0 Å². The summed E-state index contributed by atoms with van der Waals surface area (Å²) in [4.78, 5) is -0.660. The SMILES string of the molecule is CCC(OC)(OC)C(Cl)Cl. The van der Waals surface area contributed by atoms with E-state index in [1.165, 1.54) is 14.2 Å². The highest BCUT2D eigenvalue weighted by molar-refractivity contribution is 6.45. The summed E-state index contributed by atoms with van der Waals surface area (Å²) in [6.45, 7) is 1.89. The van der Waals surface area contributed by atoms with Gasteiger partial charge in [-0.25, -0.2) is 0 Å². The molecule has 0 unspecified atom stereocenters. The van der Waals surface area contributed by atoms with Crippen LogP contribution >= 0.6 is 23.2 Å². The molecule has 0 spiro atoms. The number of methoxy groups -OCH3 is 2. The monoisotopic (exact) mass is 186 g/mol. The Morgan fingerprint density at radius 3 is 1.70 bits per heavy atom. The van der Waals surface area contributed by atoms with E-state index in [2.05, 4.69) is 0 Å². The molecule has 0 aliphatic heterocycles. The highest BCUT2D eigenvalue weighted by Gasteiger charge is 2.34. The van der Waals surface area contributed by atoms with Gasteiger partial charge in [0.25, 0.3) is 0 Å². The van der Waals surface area contributed by atoms with Crippen LogP contribution in [0.5, 0.6) is 0 Å². The van der Waals surface area contributed by atoms with Gasteiger partial charge in [-0.05, 0) is 0 Å². The van der Waals surface area contributed by atoms with Gasteiger partial charge in [-0.3, -0.25) is 0 Å². The first kappa shape index (κ1) is 10.5. The molecule has 0 N–H and O–H groups in total. The Bertz CT molecular complexity index is 83.5. The summed E-state index contributed by atoms with van der Waals surface area (Å²) < 4.78 is 10.0. The summed E-state index contributed by atoms with van der Waals surface area (Å²) in [5.41, 5.74) is 0. The summed E-state index contributed by atoms with van der Waals surface area (Å²) in [5, 5.41) is 0. The van der Waals surface area contributed by atoms with Crippen molar-refractivity contribution in [3.63, 3.8) is 0 Å². The van der Waals surface area contributed by atoms with Crippen molar-refractivity contribution in [2.75, 3.05) is 14.2 Å². The second-order valence-corrected chi connectivity index (χ2v) is 2.97. The van der Waals surface area contributed by atoms with E-state index in [1.54, 1.807) is 0 Å². The molecule has 62 valence electrons. The van der Waals surface area contributed by atoms with Gasteiger partial charge in [-0.2, -0.15) is 0 Å². The molecule has 0 atom stereocenters. The van der Waals surface area contributed by atoms with Crippen LogP contribution < -0.4 is 0 Å². The van der Waals surface area contributed by atoms with Crippen molar-refractivity contribution in [1.82, 2.24) is 0 Å². The molecule has 0 aromatic heterocycles. The molecule has 0 saturated carbocycles. The van der Waals surface area contributed by atoms with Crippen LogP contribution in [-0.4, -0.2) is 24.8 Å². The second-order valence-electron chi connectivity index (χ2n) is 1.87.